The molecule has 2 atom stereocenters. The highest BCUT2D eigenvalue weighted by atomic mass is 32.2. The van der Waals surface area contributed by atoms with Gasteiger partial charge in [-0.25, -0.2) is 0 Å². The number of hydrogen-bond donors (Lipinski definition) is 1. The molecule has 2 aromatic rings. The van der Waals surface area contributed by atoms with Crippen molar-refractivity contribution in [1.29, 1.82) is 5.26 Å². The maximum absolute atomic E-state index is 12.2. The number of benzene rings is 2. The molecule has 3 nitrogen and oxygen atoms in total. The predicted molar refractivity (Wildman–Crippen MR) is 99.4 cm³/mol. The molecule has 4 rings (SSSR count). The average Bonchev–Trinajstić information content (AvgIpc) is 2.84. The zero-order valence-corrected chi connectivity index (χ0v) is 14.8. The van der Waals surface area contributed by atoms with Crippen LogP contribution in [0, 0.1) is 11.3 Å². The monoisotopic (exact) mass is 351 g/mol. The van der Waals surface area contributed by atoms with Crippen LogP contribution in [0.4, 0.5) is 0 Å². The SMILES string of the molecule is N#Cc1ccccc1-c1ccc(CC2(O)CC3CCC(C2)S3=O)cc1. The van der Waals surface area contributed by atoms with Crippen molar-refractivity contribution in [3.8, 4) is 17.2 Å². The van der Waals surface area contributed by atoms with E-state index in [0.717, 1.165) is 29.5 Å². The molecule has 2 aliphatic rings. The predicted octanol–water partition coefficient (Wildman–Crippen LogP) is 3.57. The van der Waals surface area contributed by atoms with Crippen LogP contribution >= 0.6 is 0 Å². The molecule has 0 aliphatic carbocycles. The number of nitrogens with zero attached hydrogens (tertiary/aromatic N) is 1. The average molecular weight is 351 g/mol. The fourth-order valence-electron chi connectivity index (χ4n) is 4.33. The molecular weight excluding hydrogens is 330 g/mol. The summed E-state index contributed by atoms with van der Waals surface area (Å²) in [5, 5.41) is 20.6. The van der Waals surface area contributed by atoms with E-state index in [2.05, 4.69) is 6.07 Å². The Kier molecular flexibility index (Phi) is 4.23. The van der Waals surface area contributed by atoms with E-state index < -0.39 is 16.4 Å². The van der Waals surface area contributed by atoms with Gasteiger partial charge < -0.3 is 5.11 Å². The third-order valence-electron chi connectivity index (χ3n) is 5.53. The Morgan fingerprint density at radius 1 is 1.08 bits per heavy atom. The molecule has 2 aromatic carbocycles. The highest BCUT2D eigenvalue weighted by molar-refractivity contribution is 7.86. The number of aliphatic hydroxyl groups is 1. The lowest BCUT2D eigenvalue weighted by Crippen LogP contribution is -2.44. The number of rotatable bonds is 3. The molecule has 25 heavy (non-hydrogen) atoms. The molecule has 2 bridgehead atoms. The second-order valence-electron chi connectivity index (χ2n) is 7.31. The first-order valence-corrected chi connectivity index (χ1v) is 10.1. The lowest BCUT2D eigenvalue weighted by Gasteiger charge is -2.36. The molecule has 0 radical (unpaired) electrons. The molecule has 4 heteroatoms. The third-order valence-corrected chi connectivity index (χ3v) is 7.65. The van der Waals surface area contributed by atoms with Gasteiger partial charge in [0, 0.05) is 27.7 Å². The molecule has 128 valence electrons. The third kappa shape index (κ3) is 3.15. The van der Waals surface area contributed by atoms with Crippen LogP contribution in [0.2, 0.25) is 0 Å². The van der Waals surface area contributed by atoms with Crippen LogP contribution < -0.4 is 0 Å². The highest BCUT2D eigenvalue weighted by Gasteiger charge is 2.47. The second kappa shape index (κ2) is 6.40. The summed E-state index contributed by atoms with van der Waals surface area (Å²) >= 11 is 0. The summed E-state index contributed by atoms with van der Waals surface area (Å²) in [5.74, 6) is 0. The Hall–Kier alpha value is -1.96. The summed E-state index contributed by atoms with van der Waals surface area (Å²) in [4.78, 5) is 0. The fourth-order valence-corrected chi connectivity index (χ4v) is 6.56. The van der Waals surface area contributed by atoms with Gasteiger partial charge in [-0.3, -0.25) is 4.21 Å². The molecule has 0 amide bonds. The van der Waals surface area contributed by atoms with Crippen LogP contribution in [-0.2, 0) is 17.2 Å². The van der Waals surface area contributed by atoms with Crippen molar-refractivity contribution in [3.63, 3.8) is 0 Å². The molecule has 2 unspecified atom stereocenters. The Bertz CT molecular complexity index is 837. The summed E-state index contributed by atoms with van der Waals surface area (Å²) in [6, 6.07) is 17.9. The van der Waals surface area contributed by atoms with Gasteiger partial charge in [0.05, 0.1) is 17.2 Å². The zero-order chi connectivity index (χ0) is 17.4. The first kappa shape index (κ1) is 16.5. The first-order chi connectivity index (χ1) is 12.1. The molecule has 1 N–H and O–H groups in total. The Balaban J connectivity index is 1.53. The van der Waals surface area contributed by atoms with Crippen molar-refractivity contribution in [2.45, 2.75) is 48.2 Å². The minimum Gasteiger partial charge on any atom is -0.389 e. The van der Waals surface area contributed by atoms with Gasteiger partial charge in [0.25, 0.3) is 0 Å². The molecule has 2 fully saturated rings. The van der Waals surface area contributed by atoms with E-state index in [-0.39, 0.29) is 10.5 Å². The Morgan fingerprint density at radius 3 is 2.36 bits per heavy atom. The van der Waals surface area contributed by atoms with Crippen LogP contribution in [-0.4, -0.2) is 25.4 Å². The van der Waals surface area contributed by atoms with Crippen molar-refractivity contribution in [3.05, 3.63) is 59.7 Å². The van der Waals surface area contributed by atoms with E-state index in [1.807, 2.05) is 48.5 Å². The minimum absolute atomic E-state index is 0.172. The van der Waals surface area contributed by atoms with Gasteiger partial charge in [0.2, 0.25) is 0 Å². The first-order valence-electron chi connectivity index (χ1n) is 8.78. The molecule has 0 spiro atoms. The lowest BCUT2D eigenvalue weighted by atomic mass is 9.86. The largest absolute Gasteiger partial charge is 0.389 e. The highest BCUT2D eigenvalue weighted by Crippen LogP contribution is 2.42. The molecule has 0 aromatic heterocycles. The quantitative estimate of drug-likeness (QED) is 0.919. The molecule has 2 heterocycles. The summed E-state index contributed by atoms with van der Waals surface area (Å²) in [6.45, 7) is 0. The van der Waals surface area contributed by atoms with E-state index >= 15 is 0 Å². The van der Waals surface area contributed by atoms with Crippen molar-refractivity contribution in [2.75, 3.05) is 0 Å². The summed E-state index contributed by atoms with van der Waals surface area (Å²) in [5.41, 5.74) is 2.97. The maximum Gasteiger partial charge on any atom is 0.0998 e. The molecular formula is C21H21NO2S. The number of fused-ring (bicyclic) bond motifs is 2. The minimum atomic E-state index is -0.746. The van der Waals surface area contributed by atoms with Crippen LogP contribution in [0.3, 0.4) is 0 Å². The van der Waals surface area contributed by atoms with Crippen LogP contribution in [0.1, 0.15) is 36.8 Å². The van der Waals surface area contributed by atoms with Crippen molar-refractivity contribution in [2.24, 2.45) is 0 Å². The van der Waals surface area contributed by atoms with Gasteiger partial charge in [0.1, 0.15) is 0 Å². The lowest BCUT2D eigenvalue weighted by molar-refractivity contribution is 0.0230. The van der Waals surface area contributed by atoms with Gasteiger partial charge >= 0.3 is 0 Å². The van der Waals surface area contributed by atoms with E-state index in [4.69, 9.17) is 0 Å². The maximum atomic E-state index is 12.2. The number of hydrogen-bond acceptors (Lipinski definition) is 3. The normalized spacial score (nSPS) is 30.8. The van der Waals surface area contributed by atoms with Crippen molar-refractivity contribution < 1.29 is 9.32 Å². The second-order valence-corrected chi connectivity index (χ2v) is 9.30. The van der Waals surface area contributed by atoms with Gasteiger partial charge in [-0.1, -0.05) is 42.5 Å². The smallest absolute Gasteiger partial charge is 0.0998 e. The van der Waals surface area contributed by atoms with E-state index in [1.165, 1.54) is 0 Å². The van der Waals surface area contributed by atoms with Crippen LogP contribution in [0.15, 0.2) is 48.5 Å². The molecule has 0 saturated carbocycles. The summed E-state index contributed by atoms with van der Waals surface area (Å²) < 4.78 is 12.2. The molecule has 2 saturated heterocycles. The standard InChI is InChI=1S/C21H21NO2S/c22-14-17-3-1-2-4-20(17)16-7-5-15(6-8-16)11-21(23)12-18-9-10-19(13-21)25(18)24/h1-8,18-19,23H,9-13H2. The van der Waals surface area contributed by atoms with Crippen LogP contribution in [0.25, 0.3) is 11.1 Å². The van der Waals surface area contributed by atoms with Crippen molar-refractivity contribution in [1.82, 2.24) is 0 Å². The van der Waals surface area contributed by atoms with Gasteiger partial charge in [0.15, 0.2) is 0 Å². The summed E-state index contributed by atoms with van der Waals surface area (Å²) in [7, 11) is -0.746. The van der Waals surface area contributed by atoms with Gasteiger partial charge in [-0.05, 0) is 48.4 Å². The van der Waals surface area contributed by atoms with E-state index in [0.29, 0.717) is 24.8 Å². The fraction of sp³-hybridized carbons (Fsp3) is 0.381. The Morgan fingerprint density at radius 2 is 1.72 bits per heavy atom. The molecule has 2 aliphatic heterocycles. The summed E-state index contributed by atoms with van der Waals surface area (Å²) in [6.07, 6.45) is 3.88. The van der Waals surface area contributed by atoms with E-state index in [9.17, 15) is 14.6 Å². The van der Waals surface area contributed by atoms with Crippen molar-refractivity contribution >= 4 is 10.8 Å². The van der Waals surface area contributed by atoms with Gasteiger partial charge in [-0.15, -0.1) is 0 Å². The van der Waals surface area contributed by atoms with Crippen LogP contribution in [0.5, 0.6) is 0 Å². The van der Waals surface area contributed by atoms with Gasteiger partial charge in [-0.2, -0.15) is 5.26 Å². The Labute approximate surface area is 150 Å². The zero-order valence-electron chi connectivity index (χ0n) is 14.0. The number of nitriles is 1. The van der Waals surface area contributed by atoms with E-state index in [1.54, 1.807) is 0 Å². The topological polar surface area (TPSA) is 61.1 Å².